The number of carbonyl (C=O) groups excluding carboxylic acids is 2. The van der Waals surface area contributed by atoms with Crippen molar-refractivity contribution in [2.24, 2.45) is 29.1 Å². The fraction of sp³-hybridized carbons (Fsp3) is 0.727. The molecule has 1 saturated heterocycles. The number of hydrogen-bond donors (Lipinski definition) is 1. The van der Waals surface area contributed by atoms with Gasteiger partial charge in [0.1, 0.15) is 0 Å². The topological polar surface area (TPSA) is 49.4 Å². The maximum atomic E-state index is 12.8. The Morgan fingerprint density at radius 1 is 1.07 bits per heavy atom. The van der Waals surface area contributed by atoms with Gasteiger partial charge in [-0.15, -0.1) is 11.3 Å². The summed E-state index contributed by atoms with van der Waals surface area (Å²) in [5.41, 5.74) is 0.403. The van der Waals surface area contributed by atoms with Crippen molar-refractivity contribution in [3.05, 3.63) is 22.4 Å². The fourth-order valence-corrected chi connectivity index (χ4v) is 7.52. The smallest absolute Gasteiger partial charge is 0.263 e. The molecule has 1 aliphatic heterocycles. The minimum atomic E-state index is 0.0753. The Labute approximate surface area is 165 Å². The van der Waals surface area contributed by atoms with Gasteiger partial charge in [-0.25, -0.2) is 0 Å². The maximum Gasteiger partial charge on any atom is 0.263 e. The lowest BCUT2D eigenvalue weighted by molar-refractivity contribution is -0.128. The minimum absolute atomic E-state index is 0.0753. The van der Waals surface area contributed by atoms with Crippen molar-refractivity contribution in [2.75, 3.05) is 19.6 Å². The average Bonchev–Trinajstić information content (AvgIpc) is 3.19. The molecule has 0 atom stereocenters. The summed E-state index contributed by atoms with van der Waals surface area (Å²) >= 11 is 1.50. The zero-order valence-corrected chi connectivity index (χ0v) is 16.8. The molecule has 146 valence electrons. The third kappa shape index (κ3) is 3.43. The summed E-state index contributed by atoms with van der Waals surface area (Å²) in [4.78, 5) is 28.0. The molecule has 6 rings (SSSR count). The third-order valence-electron chi connectivity index (χ3n) is 7.69. The zero-order chi connectivity index (χ0) is 18.4. The van der Waals surface area contributed by atoms with Crippen LogP contribution in [0, 0.1) is 29.1 Å². The predicted molar refractivity (Wildman–Crippen MR) is 107 cm³/mol. The largest absolute Gasteiger partial charge is 0.355 e. The molecule has 5 fully saturated rings. The number of carbonyl (C=O) groups is 2. The van der Waals surface area contributed by atoms with Gasteiger partial charge < -0.3 is 10.2 Å². The van der Waals surface area contributed by atoms with Crippen LogP contribution in [-0.2, 0) is 4.79 Å². The molecular formula is C22H30N2O2S. The van der Waals surface area contributed by atoms with Crippen molar-refractivity contribution in [1.29, 1.82) is 0 Å². The van der Waals surface area contributed by atoms with Crippen LogP contribution < -0.4 is 5.32 Å². The Bertz CT molecular complexity index is 671. The lowest BCUT2D eigenvalue weighted by Gasteiger charge is -2.57. The minimum Gasteiger partial charge on any atom is -0.355 e. The van der Waals surface area contributed by atoms with E-state index >= 15 is 0 Å². The first kappa shape index (κ1) is 17.7. The van der Waals surface area contributed by atoms with Crippen molar-refractivity contribution in [3.8, 4) is 0 Å². The van der Waals surface area contributed by atoms with Gasteiger partial charge in [0.2, 0.25) is 5.91 Å². The summed E-state index contributed by atoms with van der Waals surface area (Å²) in [5, 5.41) is 5.28. The first-order valence-electron chi connectivity index (χ1n) is 10.7. The van der Waals surface area contributed by atoms with Gasteiger partial charge in [0, 0.05) is 25.6 Å². The molecule has 2 amide bonds. The van der Waals surface area contributed by atoms with E-state index in [0.29, 0.717) is 18.5 Å². The van der Waals surface area contributed by atoms with Crippen molar-refractivity contribution >= 4 is 23.2 Å². The van der Waals surface area contributed by atoms with Gasteiger partial charge in [0.15, 0.2) is 0 Å². The highest BCUT2D eigenvalue weighted by molar-refractivity contribution is 7.12. The number of nitrogens with one attached hydrogen (secondary N) is 1. The van der Waals surface area contributed by atoms with Crippen molar-refractivity contribution < 1.29 is 9.59 Å². The number of likely N-dealkylation sites (tertiary alicyclic amines) is 1. The summed E-state index contributed by atoms with van der Waals surface area (Å²) in [6, 6.07) is 3.81. The van der Waals surface area contributed by atoms with E-state index in [1.807, 2.05) is 22.4 Å². The summed E-state index contributed by atoms with van der Waals surface area (Å²) < 4.78 is 0. The highest BCUT2D eigenvalue weighted by Crippen LogP contribution is 2.59. The molecule has 5 heteroatoms. The van der Waals surface area contributed by atoms with Crippen LogP contribution in [0.25, 0.3) is 0 Å². The standard InChI is InChI=1S/C22H30N2O2S/c25-20(18-3-5-24(6-4-18)21(26)19-2-1-7-27-19)23-14-22-11-15-8-16(12-22)10-17(9-15)13-22/h1-2,7,15-18H,3-6,8-14H2,(H,23,25). The molecule has 5 aliphatic rings. The van der Waals surface area contributed by atoms with E-state index in [1.165, 1.54) is 49.9 Å². The normalized spacial score (nSPS) is 35.4. The molecule has 0 unspecified atom stereocenters. The number of piperidine rings is 1. The summed E-state index contributed by atoms with van der Waals surface area (Å²) in [5.74, 6) is 3.22. The first-order valence-corrected chi connectivity index (χ1v) is 11.6. The third-order valence-corrected chi connectivity index (χ3v) is 8.55. The van der Waals surface area contributed by atoms with Gasteiger partial charge in [-0.1, -0.05) is 6.07 Å². The maximum absolute atomic E-state index is 12.8. The Kier molecular flexibility index (Phi) is 4.53. The van der Waals surface area contributed by atoms with Crippen LogP contribution in [0.15, 0.2) is 17.5 Å². The van der Waals surface area contributed by atoms with Gasteiger partial charge in [-0.2, -0.15) is 0 Å². The molecule has 1 N–H and O–H groups in total. The lowest BCUT2D eigenvalue weighted by atomic mass is 9.49. The summed E-state index contributed by atoms with van der Waals surface area (Å²) in [6.07, 6.45) is 9.96. The van der Waals surface area contributed by atoms with Gasteiger partial charge in [-0.05, 0) is 86.0 Å². The van der Waals surface area contributed by atoms with E-state index in [4.69, 9.17) is 0 Å². The number of amides is 2. The van der Waals surface area contributed by atoms with Crippen LogP contribution in [0.4, 0.5) is 0 Å². The number of hydrogen-bond acceptors (Lipinski definition) is 3. The number of rotatable bonds is 4. The second kappa shape index (κ2) is 6.91. The van der Waals surface area contributed by atoms with E-state index < -0.39 is 0 Å². The van der Waals surface area contributed by atoms with Gasteiger partial charge in [-0.3, -0.25) is 9.59 Å². The Balaban J connectivity index is 1.12. The second-order valence-corrected chi connectivity index (χ2v) is 10.6. The lowest BCUT2D eigenvalue weighted by Crippen LogP contribution is -2.52. The molecule has 1 aromatic rings. The Hall–Kier alpha value is -1.36. The van der Waals surface area contributed by atoms with Crippen LogP contribution in [-0.4, -0.2) is 36.3 Å². The van der Waals surface area contributed by atoms with E-state index in [2.05, 4.69) is 5.32 Å². The number of thiophene rings is 1. The highest BCUT2D eigenvalue weighted by Gasteiger charge is 2.50. The summed E-state index contributed by atoms with van der Waals surface area (Å²) in [6.45, 7) is 2.29. The van der Waals surface area contributed by atoms with Crippen LogP contribution in [0.2, 0.25) is 0 Å². The molecule has 0 aromatic carbocycles. The van der Waals surface area contributed by atoms with E-state index in [1.54, 1.807) is 0 Å². The van der Waals surface area contributed by atoms with Crippen LogP contribution in [0.5, 0.6) is 0 Å². The van der Waals surface area contributed by atoms with Gasteiger partial charge >= 0.3 is 0 Å². The second-order valence-electron chi connectivity index (χ2n) is 9.68. The Morgan fingerprint density at radius 2 is 1.70 bits per heavy atom. The van der Waals surface area contributed by atoms with Crippen molar-refractivity contribution in [3.63, 3.8) is 0 Å². The SMILES string of the molecule is O=C(NCC12CC3CC(CC(C3)C1)C2)C1CCN(C(=O)c2cccs2)CC1. The Morgan fingerprint density at radius 3 is 2.26 bits per heavy atom. The monoisotopic (exact) mass is 386 g/mol. The first-order chi connectivity index (χ1) is 13.1. The molecule has 4 saturated carbocycles. The zero-order valence-electron chi connectivity index (χ0n) is 16.0. The van der Waals surface area contributed by atoms with Gasteiger partial charge in [0.25, 0.3) is 5.91 Å². The number of nitrogens with zero attached hydrogens (tertiary/aromatic N) is 1. The quantitative estimate of drug-likeness (QED) is 0.852. The van der Waals surface area contributed by atoms with E-state index in [-0.39, 0.29) is 17.7 Å². The highest BCUT2D eigenvalue weighted by atomic mass is 32.1. The average molecular weight is 387 g/mol. The van der Waals surface area contributed by atoms with Crippen LogP contribution >= 0.6 is 11.3 Å². The fourth-order valence-electron chi connectivity index (χ4n) is 6.83. The molecule has 4 bridgehead atoms. The molecule has 27 heavy (non-hydrogen) atoms. The van der Waals surface area contributed by atoms with Gasteiger partial charge in [0.05, 0.1) is 4.88 Å². The molecule has 0 spiro atoms. The van der Waals surface area contributed by atoms with E-state index in [0.717, 1.165) is 42.0 Å². The molecule has 0 radical (unpaired) electrons. The summed E-state index contributed by atoms with van der Waals surface area (Å²) in [7, 11) is 0. The predicted octanol–water partition coefficient (Wildman–Crippen LogP) is 3.93. The van der Waals surface area contributed by atoms with Crippen molar-refractivity contribution in [2.45, 2.75) is 51.4 Å². The molecule has 2 heterocycles. The van der Waals surface area contributed by atoms with Crippen LogP contribution in [0.3, 0.4) is 0 Å². The van der Waals surface area contributed by atoms with Crippen LogP contribution in [0.1, 0.15) is 61.0 Å². The van der Waals surface area contributed by atoms with E-state index in [9.17, 15) is 9.59 Å². The van der Waals surface area contributed by atoms with Crippen molar-refractivity contribution in [1.82, 2.24) is 10.2 Å². The molecule has 4 aliphatic carbocycles. The molecule has 1 aromatic heterocycles. The molecule has 4 nitrogen and oxygen atoms in total. The molecular weight excluding hydrogens is 356 g/mol.